The Morgan fingerprint density at radius 3 is 2.95 bits per heavy atom. The van der Waals surface area contributed by atoms with Crippen molar-refractivity contribution in [1.29, 1.82) is 0 Å². The maximum absolute atomic E-state index is 5.49. The molecule has 20 heavy (non-hydrogen) atoms. The summed E-state index contributed by atoms with van der Waals surface area (Å²) < 4.78 is 5.49. The number of benzene rings is 1. The summed E-state index contributed by atoms with van der Waals surface area (Å²) in [5.41, 5.74) is 1.22. The molecule has 3 rings (SSSR count). The molecule has 0 spiro atoms. The van der Waals surface area contributed by atoms with E-state index in [1.807, 2.05) is 18.2 Å². The summed E-state index contributed by atoms with van der Waals surface area (Å²) in [5.74, 6) is 1.58. The summed E-state index contributed by atoms with van der Waals surface area (Å²) in [6.45, 7) is 4.47. The number of rotatable bonds is 5. The van der Waals surface area contributed by atoms with Gasteiger partial charge in [-0.05, 0) is 37.9 Å². The Hall–Kier alpha value is -1.68. The average Bonchev–Trinajstić information content (AvgIpc) is 3.09. The molecule has 0 bridgehead atoms. The van der Waals surface area contributed by atoms with Crippen LogP contribution < -0.4 is 0 Å². The van der Waals surface area contributed by atoms with Gasteiger partial charge in [0, 0.05) is 6.42 Å². The molecule has 1 fully saturated rings. The van der Waals surface area contributed by atoms with Crippen molar-refractivity contribution in [3.05, 3.63) is 47.6 Å². The van der Waals surface area contributed by atoms with E-state index in [1.54, 1.807) is 0 Å². The van der Waals surface area contributed by atoms with Crippen molar-refractivity contribution in [3.8, 4) is 0 Å². The first-order chi connectivity index (χ1) is 9.86. The predicted molar refractivity (Wildman–Crippen MR) is 77.4 cm³/mol. The normalized spacial score (nSPS) is 19.6. The molecule has 1 aromatic heterocycles. The summed E-state index contributed by atoms with van der Waals surface area (Å²) in [6.07, 6.45) is 4.26. The predicted octanol–water partition coefficient (Wildman–Crippen LogP) is 3.21. The van der Waals surface area contributed by atoms with E-state index in [9.17, 15) is 0 Å². The maximum atomic E-state index is 5.49. The van der Waals surface area contributed by atoms with Gasteiger partial charge in [0.2, 0.25) is 5.89 Å². The molecule has 4 heteroatoms. The van der Waals surface area contributed by atoms with Gasteiger partial charge in [-0.1, -0.05) is 42.4 Å². The first kappa shape index (κ1) is 13.3. The van der Waals surface area contributed by atoms with Crippen LogP contribution >= 0.6 is 0 Å². The lowest BCUT2D eigenvalue weighted by molar-refractivity contribution is 0.208. The van der Waals surface area contributed by atoms with Crippen LogP contribution in [0.2, 0.25) is 0 Å². The van der Waals surface area contributed by atoms with Crippen LogP contribution in [0.4, 0.5) is 0 Å². The third-order valence-electron chi connectivity index (χ3n) is 3.85. The molecule has 1 atom stereocenters. The van der Waals surface area contributed by atoms with Gasteiger partial charge < -0.3 is 4.52 Å². The second-order valence-electron chi connectivity index (χ2n) is 5.41. The van der Waals surface area contributed by atoms with E-state index in [0.29, 0.717) is 6.04 Å². The molecular weight excluding hydrogens is 250 g/mol. The minimum absolute atomic E-state index is 0.326. The fourth-order valence-corrected chi connectivity index (χ4v) is 2.91. The highest BCUT2D eigenvalue weighted by atomic mass is 16.5. The summed E-state index contributed by atoms with van der Waals surface area (Å²) in [4.78, 5) is 7.06. The van der Waals surface area contributed by atoms with Gasteiger partial charge in [0.1, 0.15) is 0 Å². The van der Waals surface area contributed by atoms with E-state index in [2.05, 4.69) is 34.1 Å². The van der Waals surface area contributed by atoms with E-state index < -0.39 is 0 Å². The Balaban J connectivity index is 1.70. The molecular formula is C16H21N3O. The lowest BCUT2D eigenvalue weighted by Crippen LogP contribution is -2.24. The molecule has 1 aliphatic heterocycles. The largest absolute Gasteiger partial charge is 0.338 e. The Kier molecular flexibility index (Phi) is 4.11. The molecule has 1 aromatic carbocycles. The third-order valence-corrected chi connectivity index (χ3v) is 3.85. The van der Waals surface area contributed by atoms with Crippen molar-refractivity contribution in [2.45, 2.75) is 38.6 Å². The van der Waals surface area contributed by atoms with Gasteiger partial charge in [0.15, 0.2) is 5.82 Å². The smallest absolute Gasteiger partial charge is 0.244 e. The van der Waals surface area contributed by atoms with Crippen molar-refractivity contribution < 1.29 is 4.52 Å². The number of likely N-dealkylation sites (tertiary alicyclic amines) is 1. The van der Waals surface area contributed by atoms with Gasteiger partial charge in [-0.25, -0.2) is 0 Å². The number of hydrogen-bond acceptors (Lipinski definition) is 4. The highest BCUT2D eigenvalue weighted by Gasteiger charge is 2.29. The van der Waals surface area contributed by atoms with Gasteiger partial charge in [0.25, 0.3) is 0 Å². The van der Waals surface area contributed by atoms with Crippen LogP contribution in [0.15, 0.2) is 34.9 Å². The zero-order chi connectivity index (χ0) is 13.8. The summed E-state index contributed by atoms with van der Waals surface area (Å²) in [6, 6.07) is 10.6. The molecule has 0 N–H and O–H groups in total. The zero-order valence-corrected chi connectivity index (χ0v) is 12.0. The summed E-state index contributed by atoms with van der Waals surface area (Å²) in [5, 5.41) is 4.14. The van der Waals surface area contributed by atoms with E-state index in [4.69, 9.17) is 4.52 Å². The average molecular weight is 271 g/mol. The molecule has 2 aromatic rings. The molecule has 0 amide bonds. The molecule has 106 valence electrons. The second kappa shape index (κ2) is 6.18. The number of hydrogen-bond donors (Lipinski definition) is 0. The lowest BCUT2D eigenvalue weighted by Gasteiger charge is -2.20. The van der Waals surface area contributed by atoms with E-state index in [0.717, 1.165) is 37.6 Å². The number of aromatic nitrogens is 2. The Bertz CT molecular complexity index is 538. The molecule has 2 heterocycles. The Morgan fingerprint density at radius 1 is 1.30 bits per heavy atom. The van der Waals surface area contributed by atoms with Crippen LogP contribution in [-0.4, -0.2) is 28.1 Å². The fraction of sp³-hybridized carbons (Fsp3) is 0.500. The van der Waals surface area contributed by atoms with Gasteiger partial charge in [-0.2, -0.15) is 4.98 Å². The van der Waals surface area contributed by atoms with Crippen LogP contribution in [0.25, 0.3) is 0 Å². The molecule has 0 radical (unpaired) electrons. The first-order valence-corrected chi connectivity index (χ1v) is 7.47. The molecule has 0 saturated carbocycles. The zero-order valence-electron chi connectivity index (χ0n) is 12.0. The molecule has 0 unspecified atom stereocenters. The highest BCUT2D eigenvalue weighted by Crippen LogP contribution is 2.30. The molecule has 1 aliphatic rings. The Morgan fingerprint density at radius 2 is 2.15 bits per heavy atom. The highest BCUT2D eigenvalue weighted by molar-refractivity contribution is 5.18. The van der Waals surface area contributed by atoms with Crippen LogP contribution in [0.3, 0.4) is 0 Å². The Labute approximate surface area is 119 Å². The third kappa shape index (κ3) is 2.90. The second-order valence-corrected chi connectivity index (χ2v) is 5.41. The van der Waals surface area contributed by atoms with Crippen LogP contribution in [0, 0.1) is 0 Å². The maximum Gasteiger partial charge on any atom is 0.244 e. The monoisotopic (exact) mass is 271 g/mol. The van der Waals surface area contributed by atoms with E-state index in [-0.39, 0.29) is 0 Å². The van der Waals surface area contributed by atoms with Crippen molar-refractivity contribution in [2.75, 3.05) is 13.1 Å². The van der Waals surface area contributed by atoms with Gasteiger partial charge in [-0.15, -0.1) is 0 Å². The van der Waals surface area contributed by atoms with E-state index >= 15 is 0 Å². The van der Waals surface area contributed by atoms with Crippen molar-refractivity contribution in [1.82, 2.24) is 15.0 Å². The first-order valence-electron chi connectivity index (χ1n) is 7.47. The summed E-state index contributed by atoms with van der Waals surface area (Å²) >= 11 is 0. The fourth-order valence-electron chi connectivity index (χ4n) is 2.91. The van der Waals surface area contributed by atoms with Gasteiger partial charge >= 0.3 is 0 Å². The van der Waals surface area contributed by atoms with Gasteiger partial charge in [-0.3, -0.25) is 4.90 Å². The van der Waals surface area contributed by atoms with Crippen molar-refractivity contribution in [2.24, 2.45) is 0 Å². The van der Waals surface area contributed by atoms with Crippen LogP contribution in [0.5, 0.6) is 0 Å². The van der Waals surface area contributed by atoms with Crippen molar-refractivity contribution in [3.63, 3.8) is 0 Å². The molecule has 4 nitrogen and oxygen atoms in total. The standard InChI is InChI=1S/C16H21N3O/c1-2-10-19-11-6-9-14(19)16-17-15(18-20-16)12-13-7-4-3-5-8-13/h3-5,7-8,14H,2,6,9-12H2,1H3/t14-/m0/s1. The van der Waals surface area contributed by atoms with Crippen LogP contribution in [-0.2, 0) is 6.42 Å². The topological polar surface area (TPSA) is 42.2 Å². The van der Waals surface area contributed by atoms with E-state index in [1.165, 1.54) is 18.4 Å². The minimum Gasteiger partial charge on any atom is -0.338 e. The SMILES string of the molecule is CCCN1CCC[C@H]1c1nc(Cc2ccccc2)no1. The van der Waals surface area contributed by atoms with Gasteiger partial charge in [0.05, 0.1) is 6.04 Å². The molecule has 1 saturated heterocycles. The quantitative estimate of drug-likeness (QED) is 0.837. The molecule has 0 aliphatic carbocycles. The van der Waals surface area contributed by atoms with Crippen molar-refractivity contribution >= 4 is 0 Å². The minimum atomic E-state index is 0.326. The van der Waals surface area contributed by atoms with Crippen LogP contribution in [0.1, 0.15) is 49.5 Å². The lowest BCUT2D eigenvalue weighted by atomic mass is 10.1. The number of nitrogens with zero attached hydrogens (tertiary/aromatic N) is 3. The summed E-state index contributed by atoms with van der Waals surface area (Å²) in [7, 11) is 0.